The van der Waals surface area contributed by atoms with Gasteiger partial charge in [0.15, 0.2) is 24.2 Å². The first-order valence-corrected chi connectivity index (χ1v) is 18.0. The number of amides is 1. The van der Waals surface area contributed by atoms with E-state index in [0.29, 0.717) is 25.1 Å². The normalized spacial score (nSPS) is 24.2. The number of hydrogen-bond acceptors (Lipinski definition) is 9. The molecular formula is C39H41F4N5O5. The smallest absolute Gasteiger partial charge is 0.411 e. The van der Waals surface area contributed by atoms with Crippen molar-refractivity contribution in [2.45, 2.75) is 88.7 Å². The van der Waals surface area contributed by atoms with E-state index in [1.807, 2.05) is 26.8 Å². The van der Waals surface area contributed by atoms with Gasteiger partial charge >= 0.3 is 12.1 Å². The first-order chi connectivity index (χ1) is 25.3. The molecule has 14 heteroatoms. The summed E-state index contributed by atoms with van der Waals surface area (Å²) >= 11 is 0. The SMILES string of the molecule is COCOc1cc(-c2ncc3c(C4=C[C@@H]5CC[C@H](C4)N5C(=O)OC(C)(C)C)nc(OC[C@@]45CCCN4C[C@H](F)C5)nc3c2F)c2c(F)c(F)ccc2c1. The summed E-state index contributed by atoms with van der Waals surface area (Å²) in [6, 6.07) is 4.71. The molecule has 0 saturated carbocycles. The van der Waals surface area contributed by atoms with Crippen molar-refractivity contribution >= 4 is 33.3 Å². The number of aromatic nitrogens is 3. The molecule has 4 aliphatic heterocycles. The lowest BCUT2D eigenvalue weighted by Gasteiger charge is -2.35. The number of halogens is 4. The molecule has 0 N–H and O–H groups in total. The molecule has 2 aromatic carbocycles. The van der Waals surface area contributed by atoms with Gasteiger partial charge in [-0.3, -0.25) is 14.8 Å². The third-order valence-electron chi connectivity index (χ3n) is 10.8. The van der Waals surface area contributed by atoms with Crippen LogP contribution in [-0.2, 0) is 9.47 Å². The predicted molar refractivity (Wildman–Crippen MR) is 189 cm³/mol. The number of carbonyl (C=O) groups is 1. The Bertz CT molecular complexity index is 2140. The minimum absolute atomic E-state index is 0.0454. The van der Waals surface area contributed by atoms with Gasteiger partial charge in [0.1, 0.15) is 35.3 Å². The minimum atomic E-state index is -1.16. The first-order valence-electron chi connectivity index (χ1n) is 18.0. The number of methoxy groups -OCH3 is 1. The molecular weight excluding hydrogens is 694 g/mol. The Labute approximate surface area is 304 Å². The molecule has 53 heavy (non-hydrogen) atoms. The van der Waals surface area contributed by atoms with Crippen LogP contribution in [0.15, 0.2) is 36.5 Å². The van der Waals surface area contributed by atoms with E-state index in [9.17, 15) is 13.6 Å². The number of hydrogen-bond donors (Lipinski definition) is 0. The number of carbonyl (C=O) groups excluding carboxylic acids is 1. The zero-order chi connectivity index (χ0) is 37.2. The zero-order valence-corrected chi connectivity index (χ0v) is 30.1. The van der Waals surface area contributed by atoms with Crippen LogP contribution in [-0.4, -0.2) is 93.8 Å². The molecule has 280 valence electrons. The highest BCUT2D eigenvalue weighted by molar-refractivity contribution is 6.00. The van der Waals surface area contributed by atoms with Crippen molar-refractivity contribution in [2.24, 2.45) is 0 Å². The molecule has 1 amide bonds. The van der Waals surface area contributed by atoms with Gasteiger partial charge in [-0.05, 0) is 88.6 Å². The lowest BCUT2D eigenvalue weighted by Crippen LogP contribution is -2.45. The predicted octanol–water partition coefficient (Wildman–Crippen LogP) is 7.76. The molecule has 3 saturated heterocycles. The fourth-order valence-electron chi connectivity index (χ4n) is 8.55. The summed E-state index contributed by atoms with van der Waals surface area (Å²) < 4.78 is 84.4. The number of ether oxygens (including phenoxy) is 4. The van der Waals surface area contributed by atoms with E-state index in [4.69, 9.17) is 23.9 Å². The molecule has 0 spiro atoms. The van der Waals surface area contributed by atoms with Gasteiger partial charge in [-0.15, -0.1) is 0 Å². The maximum atomic E-state index is 17.1. The number of fused-ring (bicyclic) bond motifs is 5. The van der Waals surface area contributed by atoms with Gasteiger partial charge in [-0.1, -0.05) is 12.1 Å². The average Bonchev–Trinajstić information content (AvgIpc) is 3.73. The highest BCUT2D eigenvalue weighted by atomic mass is 19.2. The average molecular weight is 736 g/mol. The molecule has 8 rings (SSSR count). The van der Waals surface area contributed by atoms with E-state index in [1.54, 1.807) is 4.90 Å². The Morgan fingerprint density at radius 2 is 1.89 bits per heavy atom. The van der Waals surface area contributed by atoms with E-state index in [-0.39, 0.29) is 70.2 Å². The zero-order valence-electron chi connectivity index (χ0n) is 30.1. The van der Waals surface area contributed by atoms with Crippen LogP contribution >= 0.6 is 0 Å². The van der Waals surface area contributed by atoms with Crippen molar-refractivity contribution in [1.82, 2.24) is 24.8 Å². The van der Waals surface area contributed by atoms with Crippen molar-refractivity contribution in [3.05, 3.63) is 59.7 Å². The van der Waals surface area contributed by atoms with Crippen molar-refractivity contribution in [3.63, 3.8) is 0 Å². The molecule has 4 aromatic rings. The highest BCUT2D eigenvalue weighted by Gasteiger charge is 2.49. The molecule has 0 aliphatic carbocycles. The fraction of sp³-hybridized carbons (Fsp3) is 0.487. The Hall–Kier alpha value is -4.56. The maximum Gasteiger partial charge on any atom is 0.411 e. The van der Waals surface area contributed by atoms with Gasteiger partial charge in [0, 0.05) is 48.6 Å². The molecule has 0 unspecified atom stereocenters. The van der Waals surface area contributed by atoms with E-state index in [1.165, 1.54) is 31.5 Å². The van der Waals surface area contributed by atoms with Crippen LogP contribution in [0.3, 0.4) is 0 Å². The van der Waals surface area contributed by atoms with Crippen molar-refractivity contribution in [3.8, 4) is 23.0 Å². The summed E-state index contributed by atoms with van der Waals surface area (Å²) in [5, 5.41) is 0.368. The van der Waals surface area contributed by atoms with Gasteiger partial charge in [0.05, 0.1) is 17.3 Å². The summed E-state index contributed by atoms with van der Waals surface area (Å²) in [7, 11) is 1.44. The highest BCUT2D eigenvalue weighted by Crippen LogP contribution is 2.44. The van der Waals surface area contributed by atoms with Gasteiger partial charge in [0.25, 0.3) is 0 Å². The van der Waals surface area contributed by atoms with Gasteiger partial charge < -0.3 is 18.9 Å². The molecule has 2 aromatic heterocycles. The topological polar surface area (TPSA) is 99.1 Å². The molecule has 6 heterocycles. The van der Waals surface area contributed by atoms with Gasteiger partial charge in [-0.25, -0.2) is 22.4 Å². The Balaban J connectivity index is 1.26. The number of rotatable bonds is 8. The third kappa shape index (κ3) is 6.43. The van der Waals surface area contributed by atoms with Crippen LogP contribution in [0.4, 0.5) is 22.4 Å². The molecule has 4 atom stereocenters. The van der Waals surface area contributed by atoms with Crippen molar-refractivity contribution in [2.75, 3.05) is 33.6 Å². The number of benzene rings is 2. The van der Waals surface area contributed by atoms with Crippen molar-refractivity contribution in [1.29, 1.82) is 0 Å². The second-order valence-electron chi connectivity index (χ2n) is 15.5. The molecule has 0 radical (unpaired) electrons. The summed E-state index contributed by atoms with van der Waals surface area (Å²) in [5.74, 6) is -2.93. The Morgan fingerprint density at radius 1 is 1.06 bits per heavy atom. The quantitative estimate of drug-likeness (QED) is 0.133. The van der Waals surface area contributed by atoms with Gasteiger partial charge in [-0.2, -0.15) is 9.97 Å². The van der Waals surface area contributed by atoms with Crippen LogP contribution in [0.25, 0.3) is 38.5 Å². The van der Waals surface area contributed by atoms with E-state index >= 15 is 8.78 Å². The Kier molecular flexibility index (Phi) is 8.96. The minimum Gasteiger partial charge on any atom is -0.468 e. The van der Waals surface area contributed by atoms with Gasteiger partial charge in [0.2, 0.25) is 0 Å². The number of nitrogens with zero attached hydrogens (tertiary/aromatic N) is 5. The fourth-order valence-corrected chi connectivity index (χ4v) is 8.55. The van der Waals surface area contributed by atoms with Crippen molar-refractivity contribution < 1.29 is 41.3 Å². The monoisotopic (exact) mass is 735 g/mol. The summed E-state index contributed by atoms with van der Waals surface area (Å²) in [6.07, 6.45) is 5.86. The Morgan fingerprint density at radius 3 is 2.66 bits per heavy atom. The van der Waals surface area contributed by atoms with Crippen LogP contribution in [0, 0.1) is 17.5 Å². The lowest BCUT2D eigenvalue weighted by atomic mass is 9.95. The molecule has 10 nitrogen and oxygen atoms in total. The van der Waals surface area contributed by atoms with Crippen LogP contribution in [0.1, 0.15) is 65.0 Å². The molecule has 2 bridgehead atoms. The molecule has 3 fully saturated rings. The first kappa shape index (κ1) is 35.5. The summed E-state index contributed by atoms with van der Waals surface area (Å²) in [6.45, 7) is 6.54. The lowest BCUT2D eigenvalue weighted by molar-refractivity contribution is 0.0175. The second-order valence-corrected chi connectivity index (χ2v) is 15.5. The van der Waals surface area contributed by atoms with E-state index in [2.05, 4.69) is 14.9 Å². The van der Waals surface area contributed by atoms with Crippen LogP contribution < -0.4 is 9.47 Å². The summed E-state index contributed by atoms with van der Waals surface area (Å²) in [4.78, 5) is 30.9. The van der Waals surface area contributed by atoms with E-state index < -0.39 is 40.9 Å². The largest absolute Gasteiger partial charge is 0.468 e. The number of pyridine rings is 1. The standard InChI is InChI=1S/C39H41F4N5O5/c1-38(2,3)53-37(49)48-24-7-8-25(48)13-22(12-24)33-28-17-44-34(27-15-26(52-20-50-4)14-21-6-9-29(41)31(42)30(21)27)32(43)35(28)46-36(45-33)51-19-39-10-5-11-47(39)18-23(40)16-39/h6,9,12,14-15,17,23-25H,5,7-8,10-11,13,16,18-20H2,1-4H3/t23-,24+,25-,39+/m1/s1. The number of alkyl halides is 1. The third-order valence-corrected chi connectivity index (χ3v) is 10.8. The van der Waals surface area contributed by atoms with Crippen LogP contribution in [0.5, 0.6) is 11.8 Å². The molecule has 4 aliphatic rings. The maximum absolute atomic E-state index is 17.1. The summed E-state index contributed by atoms with van der Waals surface area (Å²) in [5.41, 5.74) is -0.489. The van der Waals surface area contributed by atoms with E-state index in [0.717, 1.165) is 43.9 Å². The second kappa shape index (κ2) is 13.4. The van der Waals surface area contributed by atoms with Crippen LogP contribution in [0.2, 0.25) is 0 Å².